The Kier molecular flexibility index (Phi) is 6.64. The molecule has 0 saturated carbocycles. The molecule has 3 heterocycles. The number of imidazole rings is 1. The van der Waals surface area contributed by atoms with Crippen LogP contribution < -0.4 is 10.1 Å². The molecular weight excluding hydrogens is 517 g/mol. The van der Waals surface area contributed by atoms with Gasteiger partial charge < -0.3 is 14.6 Å². The second-order valence-electron chi connectivity index (χ2n) is 9.44. The largest absolute Gasteiger partial charge is 0.494 e. The first kappa shape index (κ1) is 24.7. The summed E-state index contributed by atoms with van der Waals surface area (Å²) in [6.45, 7) is 3.46. The van der Waals surface area contributed by atoms with E-state index >= 15 is 0 Å². The predicted molar refractivity (Wildman–Crippen MR) is 155 cm³/mol. The highest BCUT2D eigenvalue weighted by Crippen LogP contribution is 2.40. The molecule has 0 aliphatic carbocycles. The standard InChI is InChI=1S/C31H27Cl2N3O2/c1-2-38-25-16-8-21(9-17-25)28-26-5-3-4-18-35-27(20-6-10-22(32)11-7-20)19-36(31(26)35)29(28)30(37)34-24-14-12-23(33)13-15-24/h6-17,19H,2-5,18H2,1H3,(H,34,37). The minimum Gasteiger partial charge on any atom is -0.494 e. The summed E-state index contributed by atoms with van der Waals surface area (Å²) in [5, 5.41) is 4.42. The smallest absolute Gasteiger partial charge is 0.273 e. The minimum absolute atomic E-state index is 0.169. The van der Waals surface area contributed by atoms with Gasteiger partial charge in [-0.25, -0.2) is 0 Å². The Labute approximate surface area is 231 Å². The summed E-state index contributed by atoms with van der Waals surface area (Å²) in [4.78, 5) is 14.0. The number of benzene rings is 3. The fourth-order valence-corrected chi connectivity index (χ4v) is 5.63. The van der Waals surface area contributed by atoms with Crippen LogP contribution in [0.4, 0.5) is 5.69 Å². The van der Waals surface area contributed by atoms with E-state index in [1.54, 1.807) is 12.1 Å². The molecule has 5 aromatic rings. The van der Waals surface area contributed by atoms with E-state index in [0.717, 1.165) is 59.6 Å². The Morgan fingerprint density at radius 3 is 2.24 bits per heavy atom. The van der Waals surface area contributed by atoms with Crippen LogP contribution in [0.3, 0.4) is 0 Å². The monoisotopic (exact) mass is 543 g/mol. The molecule has 0 spiro atoms. The number of anilines is 1. The highest BCUT2D eigenvalue weighted by atomic mass is 35.5. The van der Waals surface area contributed by atoms with Crippen LogP contribution in [-0.2, 0) is 13.0 Å². The summed E-state index contributed by atoms with van der Waals surface area (Å²) in [6, 6.07) is 23.1. The fourth-order valence-electron chi connectivity index (χ4n) is 5.38. The highest BCUT2D eigenvalue weighted by Gasteiger charge is 2.29. The van der Waals surface area contributed by atoms with Gasteiger partial charge in [0.2, 0.25) is 0 Å². The molecule has 3 aromatic carbocycles. The summed E-state index contributed by atoms with van der Waals surface area (Å²) in [5.41, 5.74) is 7.66. The summed E-state index contributed by atoms with van der Waals surface area (Å²) in [5.74, 6) is 0.644. The molecule has 38 heavy (non-hydrogen) atoms. The lowest BCUT2D eigenvalue weighted by atomic mass is 9.97. The molecule has 1 aliphatic heterocycles. The minimum atomic E-state index is -0.169. The molecule has 0 radical (unpaired) electrons. The first-order valence-electron chi connectivity index (χ1n) is 12.9. The molecule has 0 unspecified atom stereocenters. The van der Waals surface area contributed by atoms with Crippen molar-refractivity contribution >= 4 is 40.4 Å². The van der Waals surface area contributed by atoms with Gasteiger partial charge in [-0.05, 0) is 85.8 Å². The average Bonchev–Trinajstić information content (AvgIpc) is 3.34. The van der Waals surface area contributed by atoms with Gasteiger partial charge in [-0.1, -0.05) is 47.5 Å². The zero-order valence-electron chi connectivity index (χ0n) is 21.0. The maximum Gasteiger partial charge on any atom is 0.273 e. The normalized spacial score (nSPS) is 12.9. The molecule has 0 fully saturated rings. The van der Waals surface area contributed by atoms with Gasteiger partial charge in [0.05, 0.1) is 12.3 Å². The van der Waals surface area contributed by atoms with Gasteiger partial charge in [0.25, 0.3) is 5.91 Å². The topological polar surface area (TPSA) is 47.7 Å². The number of carbonyl (C=O) groups excluding carboxylic acids is 1. The number of ether oxygens (including phenoxy) is 1. The number of rotatable bonds is 6. The van der Waals surface area contributed by atoms with E-state index in [4.69, 9.17) is 27.9 Å². The maximum atomic E-state index is 14.0. The SMILES string of the molecule is CCOc1ccc(-c2c3c4n(c(-c5ccc(Cl)cc5)cn4c2C(=O)Nc2ccc(Cl)cc2)CCCC3)cc1. The first-order chi connectivity index (χ1) is 18.5. The van der Waals surface area contributed by atoms with Crippen molar-refractivity contribution in [1.29, 1.82) is 0 Å². The maximum absolute atomic E-state index is 14.0. The van der Waals surface area contributed by atoms with Crippen molar-refractivity contribution in [1.82, 2.24) is 8.97 Å². The van der Waals surface area contributed by atoms with Crippen molar-refractivity contribution in [2.24, 2.45) is 0 Å². The lowest BCUT2D eigenvalue weighted by molar-refractivity contribution is 0.102. The van der Waals surface area contributed by atoms with Gasteiger partial charge in [0.15, 0.2) is 0 Å². The summed E-state index contributed by atoms with van der Waals surface area (Å²) >= 11 is 12.3. The number of halogens is 2. The molecule has 0 saturated heterocycles. The second kappa shape index (κ2) is 10.2. The zero-order chi connectivity index (χ0) is 26.2. The first-order valence-corrected chi connectivity index (χ1v) is 13.6. The summed E-state index contributed by atoms with van der Waals surface area (Å²) < 4.78 is 10.1. The Morgan fingerprint density at radius 2 is 1.55 bits per heavy atom. The number of hydrogen-bond donors (Lipinski definition) is 1. The van der Waals surface area contributed by atoms with Crippen molar-refractivity contribution in [2.45, 2.75) is 32.7 Å². The molecule has 0 bridgehead atoms. The summed E-state index contributed by atoms with van der Waals surface area (Å²) in [7, 11) is 0. The second-order valence-corrected chi connectivity index (χ2v) is 10.3. The number of aromatic nitrogens is 2. The number of nitrogens with zero attached hydrogens (tertiary/aromatic N) is 2. The molecule has 192 valence electrons. The van der Waals surface area contributed by atoms with E-state index < -0.39 is 0 Å². The fraction of sp³-hybridized carbons (Fsp3) is 0.194. The van der Waals surface area contributed by atoms with Crippen LogP contribution >= 0.6 is 23.2 Å². The highest BCUT2D eigenvalue weighted by molar-refractivity contribution is 6.31. The third-order valence-corrected chi connectivity index (χ3v) is 7.55. The van der Waals surface area contributed by atoms with Gasteiger partial charge in [-0.15, -0.1) is 0 Å². The van der Waals surface area contributed by atoms with E-state index in [2.05, 4.69) is 20.5 Å². The van der Waals surface area contributed by atoms with Gasteiger partial charge in [0.1, 0.15) is 17.1 Å². The Bertz CT molecular complexity index is 1620. The molecule has 2 aromatic heterocycles. The van der Waals surface area contributed by atoms with E-state index in [1.807, 2.05) is 67.6 Å². The Morgan fingerprint density at radius 1 is 0.895 bits per heavy atom. The number of aryl methyl sites for hydroxylation is 2. The van der Waals surface area contributed by atoms with Crippen LogP contribution in [0.1, 0.15) is 35.8 Å². The van der Waals surface area contributed by atoms with Gasteiger partial charge in [0, 0.05) is 39.6 Å². The lowest BCUT2D eigenvalue weighted by Gasteiger charge is -2.11. The molecule has 1 N–H and O–H groups in total. The Balaban J connectivity index is 1.57. The average molecular weight is 544 g/mol. The van der Waals surface area contributed by atoms with E-state index in [0.29, 0.717) is 28.0 Å². The molecule has 0 atom stereocenters. The van der Waals surface area contributed by atoms with Crippen LogP contribution in [0.25, 0.3) is 28.0 Å². The van der Waals surface area contributed by atoms with Crippen LogP contribution in [0.5, 0.6) is 5.75 Å². The van der Waals surface area contributed by atoms with Crippen molar-refractivity contribution in [3.8, 4) is 28.1 Å². The number of hydrogen-bond acceptors (Lipinski definition) is 2. The molecule has 6 rings (SSSR count). The third-order valence-electron chi connectivity index (χ3n) is 7.05. The quantitative estimate of drug-likeness (QED) is 0.234. The molecular formula is C31H27Cl2N3O2. The molecule has 5 nitrogen and oxygen atoms in total. The van der Waals surface area contributed by atoms with E-state index in [1.165, 1.54) is 5.56 Å². The predicted octanol–water partition coefficient (Wildman–Crippen LogP) is 8.37. The van der Waals surface area contributed by atoms with Gasteiger partial charge in [-0.2, -0.15) is 0 Å². The number of carbonyl (C=O) groups is 1. The number of amides is 1. The molecule has 1 aliphatic rings. The Hall–Kier alpha value is -3.67. The van der Waals surface area contributed by atoms with E-state index in [9.17, 15) is 4.79 Å². The van der Waals surface area contributed by atoms with Crippen LogP contribution in [0, 0.1) is 0 Å². The van der Waals surface area contributed by atoms with Crippen molar-refractivity contribution in [3.63, 3.8) is 0 Å². The van der Waals surface area contributed by atoms with Crippen LogP contribution in [0.2, 0.25) is 10.0 Å². The van der Waals surface area contributed by atoms with Gasteiger partial charge in [-0.3, -0.25) is 9.20 Å². The number of nitrogens with one attached hydrogen (secondary N) is 1. The van der Waals surface area contributed by atoms with E-state index in [-0.39, 0.29) is 5.91 Å². The zero-order valence-corrected chi connectivity index (χ0v) is 22.5. The van der Waals surface area contributed by atoms with Crippen LogP contribution in [-0.4, -0.2) is 21.5 Å². The molecule has 1 amide bonds. The van der Waals surface area contributed by atoms with Gasteiger partial charge >= 0.3 is 0 Å². The lowest BCUT2D eigenvalue weighted by Crippen LogP contribution is -2.15. The molecule has 7 heteroatoms. The van der Waals surface area contributed by atoms with Crippen molar-refractivity contribution in [3.05, 3.63) is 100 Å². The summed E-state index contributed by atoms with van der Waals surface area (Å²) in [6.07, 6.45) is 5.09. The third kappa shape index (κ3) is 4.46. The van der Waals surface area contributed by atoms with Crippen LogP contribution in [0.15, 0.2) is 79.0 Å². The van der Waals surface area contributed by atoms with Crippen molar-refractivity contribution in [2.75, 3.05) is 11.9 Å². The van der Waals surface area contributed by atoms with Crippen molar-refractivity contribution < 1.29 is 9.53 Å².